The van der Waals surface area contributed by atoms with Crippen LogP contribution in [0.15, 0.2) is 47.2 Å². The molecule has 5 heteroatoms. The molecule has 0 spiro atoms. The maximum Gasteiger partial charge on any atom is 0.227 e. The van der Waals surface area contributed by atoms with Gasteiger partial charge in [-0.1, -0.05) is 23.4 Å². The van der Waals surface area contributed by atoms with Gasteiger partial charge >= 0.3 is 0 Å². The van der Waals surface area contributed by atoms with Crippen LogP contribution in [0.25, 0.3) is 11.4 Å². The highest BCUT2D eigenvalue weighted by Crippen LogP contribution is 2.19. The number of nitrogens with two attached hydrogens (primary N) is 1. The normalized spacial score (nSPS) is 10.7. The second-order valence-corrected chi connectivity index (χ2v) is 4.90. The van der Waals surface area contributed by atoms with Crippen LogP contribution in [0.2, 0.25) is 0 Å². The fourth-order valence-electron chi connectivity index (χ4n) is 2.17. The second kappa shape index (κ2) is 5.75. The molecule has 0 saturated heterocycles. The van der Waals surface area contributed by atoms with Gasteiger partial charge in [0.1, 0.15) is 0 Å². The number of nitrogens with zero attached hydrogens (tertiary/aromatic N) is 3. The number of para-hydroxylation sites is 1. The van der Waals surface area contributed by atoms with Crippen LogP contribution in [0, 0.1) is 6.92 Å². The van der Waals surface area contributed by atoms with Gasteiger partial charge < -0.3 is 10.3 Å². The summed E-state index contributed by atoms with van der Waals surface area (Å²) >= 11 is 0. The molecule has 21 heavy (non-hydrogen) atoms. The number of pyridine rings is 1. The highest BCUT2D eigenvalue weighted by molar-refractivity contribution is 5.57. The predicted molar refractivity (Wildman–Crippen MR) is 80.5 cm³/mol. The van der Waals surface area contributed by atoms with Crippen LogP contribution in [0.5, 0.6) is 0 Å². The lowest BCUT2D eigenvalue weighted by atomic mass is 10.1. The van der Waals surface area contributed by atoms with E-state index >= 15 is 0 Å². The molecule has 0 saturated carbocycles. The van der Waals surface area contributed by atoms with Gasteiger partial charge in [-0.2, -0.15) is 4.98 Å². The van der Waals surface area contributed by atoms with Crippen molar-refractivity contribution < 1.29 is 4.52 Å². The van der Waals surface area contributed by atoms with Crippen LogP contribution in [-0.4, -0.2) is 15.1 Å². The molecule has 0 aliphatic carbocycles. The summed E-state index contributed by atoms with van der Waals surface area (Å²) in [6.45, 7) is 2.00. The van der Waals surface area contributed by atoms with Gasteiger partial charge in [0.25, 0.3) is 0 Å². The fourth-order valence-corrected chi connectivity index (χ4v) is 2.17. The van der Waals surface area contributed by atoms with E-state index in [1.165, 1.54) is 0 Å². The van der Waals surface area contributed by atoms with Crippen molar-refractivity contribution in [3.05, 3.63) is 59.7 Å². The van der Waals surface area contributed by atoms with Crippen molar-refractivity contribution in [3.63, 3.8) is 0 Å². The monoisotopic (exact) mass is 280 g/mol. The van der Waals surface area contributed by atoms with Crippen molar-refractivity contribution in [2.75, 3.05) is 5.73 Å². The van der Waals surface area contributed by atoms with Crippen LogP contribution in [0.1, 0.15) is 17.0 Å². The van der Waals surface area contributed by atoms with Gasteiger partial charge in [0.15, 0.2) is 0 Å². The largest absolute Gasteiger partial charge is 0.399 e. The van der Waals surface area contributed by atoms with E-state index in [1.807, 2.05) is 37.3 Å². The summed E-state index contributed by atoms with van der Waals surface area (Å²) < 4.78 is 5.31. The minimum absolute atomic E-state index is 0.580. The van der Waals surface area contributed by atoms with Crippen molar-refractivity contribution in [2.24, 2.45) is 0 Å². The van der Waals surface area contributed by atoms with Crippen molar-refractivity contribution in [1.29, 1.82) is 0 Å². The number of anilines is 1. The summed E-state index contributed by atoms with van der Waals surface area (Å²) in [7, 11) is 0. The summed E-state index contributed by atoms with van der Waals surface area (Å²) in [6.07, 6.45) is 4.94. The van der Waals surface area contributed by atoms with E-state index in [0.717, 1.165) is 28.8 Å². The SMILES string of the molecule is Cc1ccncc1-c1noc(CCc2ccccc2N)n1. The molecule has 106 valence electrons. The Bertz CT molecular complexity index is 751. The average molecular weight is 280 g/mol. The topological polar surface area (TPSA) is 77.8 Å². The van der Waals surface area contributed by atoms with Crippen molar-refractivity contribution in [3.8, 4) is 11.4 Å². The number of hydrogen-bond acceptors (Lipinski definition) is 5. The molecule has 2 heterocycles. The van der Waals surface area contributed by atoms with Gasteiger partial charge in [-0.3, -0.25) is 4.98 Å². The zero-order valence-corrected chi connectivity index (χ0v) is 11.8. The Hall–Kier alpha value is -2.69. The number of rotatable bonds is 4. The van der Waals surface area contributed by atoms with E-state index in [4.69, 9.17) is 10.3 Å². The number of benzene rings is 1. The molecular formula is C16H16N4O. The Labute approximate surface area is 122 Å². The van der Waals surface area contributed by atoms with Crippen LogP contribution in [0.3, 0.4) is 0 Å². The quantitative estimate of drug-likeness (QED) is 0.743. The molecule has 1 aromatic carbocycles. The molecule has 0 unspecified atom stereocenters. The fraction of sp³-hybridized carbons (Fsp3) is 0.188. The van der Waals surface area contributed by atoms with E-state index in [9.17, 15) is 0 Å². The standard InChI is InChI=1S/C16H16N4O/c1-11-8-9-18-10-13(11)16-19-15(21-20-16)7-6-12-4-2-3-5-14(12)17/h2-5,8-10H,6-7,17H2,1H3. The maximum absolute atomic E-state index is 5.93. The van der Waals surface area contributed by atoms with E-state index in [1.54, 1.807) is 12.4 Å². The first-order valence-electron chi connectivity index (χ1n) is 6.81. The van der Waals surface area contributed by atoms with Crippen LogP contribution in [-0.2, 0) is 12.8 Å². The molecule has 0 radical (unpaired) electrons. The molecule has 3 rings (SSSR count). The first-order valence-corrected chi connectivity index (χ1v) is 6.81. The number of nitrogen functional groups attached to an aromatic ring is 1. The molecule has 2 aromatic heterocycles. The summed E-state index contributed by atoms with van der Waals surface area (Å²) in [4.78, 5) is 8.53. The Balaban J connectivity index is 1.74. The lowest BCUT2D eigenvalue weighted by Gasteiger charge is -2.02. The van der Waals surface area contributed by atoms with Crippen molar-refractivity contribution >= 4 is 5.69 Å². The summed E-state index contributed by atoms with van der Waals surface area (Å²) in [5.41, 5.74) is 9.78. The third-order valence-corrected chi connectivity index (χ3v) is 3.41. The van der Waals surface area contributed by atoms with Gasteiger partial charge in [-0.15, -0.1) is 0 Å². The molecular weight excluding hydrogens is 264 g/mol. The van der Waals surface area contributed by atoms with Crippen LogP contribution in [0.4, 0.5) is 5.69 Å². The zero-order valence-electron chi connectivity index (χ0n) is 11.8. The number of aromatic nitrogens is 3. The Kier molecular flexibility index (Phi) is 3.64. The van der Waals surface area contributed by atoms with Crippen molar-refractivity contribution in [2.45, 2.75) is 19.8 Å². The molecule has 0 aliphatic rings. The highest BCUT2D eigenvalue weighted by Gasteiger charge is 2.11. The molecule has 0 amide bonds. The zero-order chi connectivity index (χ0) is 14.7. The lowest BCUT2D eigenvalue weighted by Crippen LogP contribution is -1.97. The molecule has 5 nitrogen and oxygen atoms in total. The van der Waals surface area contributed by atoms with Gasteiger partial charge in [0.2, 0.25) is 11.7 Å². The smallest absolute Gasteiger partial charge is 0.227 e. The lowest BCUT2D eigenvalue weighted by molar-refractivity contribution is 0.379. The third kappa shape index (κ3) is 2.91. The van der Waals surface area contributed by atoms with E-state index in [-0.39, 0.29) is 0 Å². The molecule has 0 bridgehead atoms. The predicted octanol–water partition coefficient (Wildman–Crippen LogP) is 2.81. The van der Waals surface area contributed by atoms with Gasteiger partial charge in [-0.05, 0) is 36.6 Å². The molecule has 0 fully saturated rings. The minimum Gasteiger partial charge on any atom is -0.399 e. The Morgan fingerprint density at radius 1 is 1.14 bits per heavy atom. The number of hydrogen-bond donors (Lipinski definition) is 1. The third-order valence-electron chi connectivity index (χ3n) is 3.41. The molecule has 3 aromatic rings. The van der Waals surface area contributed by atoms with Gasteiger partial charge in [0.05, 0.1) is 0 Å². The Morgan fingerprint density at radius 2 is 2.00 bits per heavy atom. The summed E-state index contributed by atoms with van der Waals surface area (Å²) in [6, 6.07) is 9.74. The van der Waals surface area contributed by atoms with Gasteiger partial charge in [-0.25, -0.2) is 0 Å². The van der Waals surface area contributed by atoms with E-state index in [0.29, 0.717) is 18.1 Å². The van der Waals surface area contributed by atoms with Crippen LogP contribution < -0.4 is 5.73 Å². The van der Waals surface area contributed by atoms with E-state index < -0.39 is 0 Å². The first-order chi connectivity index (χ1) is 10.2. The van der Waals surface area contributed by atoms with Crippen LogP contribution >= 0.6 is 0 Å². The molecule has 0 aliphatic heterocycles. The second-order valence-electron chi connectivity index (χ2n) is 4.90. The summed E-state index contributed by atoms with van der Waals surface area (Å²) in [5, 5.41) is 4.02. The van der Waals surface area contributed by atoms with E-state index in [2.05, 4.69) is 15.1 Å². The van der Waals surface area contributed by atoms with Crippen molar-refractivity contribution in [1.82, 2.24) is 15.1 Å². The van der Waals surface area contributed by atoms with Gasteiger partial charge in [0, 0.05) is 30.1 Å². The minimum atomic E-state index is 0.580. The Morgan fingerprint density at radius 3 is 2.81 bits per heavy atom. The maximum atomic E-state index is 5.93. The highest BCUT2D eigenvalue weighted by atomic mass is 16.5. The summed E-state index contributed by atoms with van der Waals surface area (Å²) in [5.74, 6) is 1.19. The molecule has 2 N–H and O–H groups in total. The first kappa shape index (κ1) is 13.3. The average Bonchev–Trinajstić information content (AvgIpc) is 2.96. The molecule has 0 atom stereocenters. The number of aryl methyl sites for hydroxylation is 3.